The molecule has 0 spiro atoms. The van der Waals surface area contributed by atoms with Crippen molar-refractivity contribution in [3.63, 3.8) is 0 Å². The molecule has 0 saturated carbocycles. The summed E-state index contributed by atoms with van der Waals surface area (Å²) < 4.78 is 11.2. The standard InChI is InChI=1S/C37H41NO5/c1-26(2)16-19-32-22-31(23-33(20-17-27(3)4)36(32)43-28(5)39)18-21-35(40)38-34(24-29-12-8-6-9-13-29)37(41)42-25-30-14-10-7-11-15-30/h6-18,21-23,34H,19-20,24-25H2,1-5H3,(H,38,40)/b21-18+/t34-/m0/s1. The van der Waals surface area contributed by atoms with Gasteiger partial charge in [-0.25, -0.2) is 4.79 Å². The third-order valence-corrected chi connectivity index (χ3v) is 6.51. The van der Waals surface area contributed by atoms with E-state index in [0.29, 0.717) is 25.0 Å². The number of hydrogen-bond acceptors (Lipinski definition) is 5. The van der Waals surface area contributed by atoms with Gasteiger partial charge in [-0.15, -0.1) is 0 Å². The van der Waals surface area contributed by atoms with E-state index >= 15 is 0 Å². The van der Waals surface area contributed by atoms with E-state index in [0.717, 1.165) is 39.0 Å². The van der Waals surface area contributed by atoms with Gasteiger partial charge >= 0.3 is 11.9 Å². The van der Waals surface area contributed by atoms with Crippen LogP contribution in [0.2, 0.25) is 0 Å². The Balaban J connectivity index is 1.85. The van der Waals surface area contributed by atoms with Crippen molar-refractivity contribution in [1.82, 2.24) is 5.32 Å². The second-order valence-corrected chi connectivity index (χ2v) is 10.9. The molecule has 3 aromatic rings. The predicted octanol–water partition coefficient (Wildman–Crippen LogP) is 7.11. The second-order valence-electron chi connectivity index (χ2n) is 10.9. The van der Waals surface area contributed by atoms with Crippen molar-refractivity contribution in [1.29, 1.82) is 0 Å². The van der Waals surface area contributed by atoms with Gasteiger partial charge in [0.2, 0.25) is 5.91 Å². The number of carbonyl (C=O) groups is 3. The molecule has 0 fully saturated rings. The van der Waals surface area contributed by atoms with Crippen molar-refractivity contribution in [2.75, 3.05) is 0 Å². The van der Waals surface area contributed by atoms with Crippen molar-refractivity contribution in [3.05, 3.63) is 130 Å². The molecule has 6 nitrogen and oxygen atoms in total. The van der Waals surface area contributed by atoms with Crippen molar-refractivity contribution < 1.29 is 23.9 Å². The van der Waals surface area contributed by atoms with Gasteiger partial charge in [-0.05, 0) is 86.6 Å². The first-order chi connectivity index (χ1) is 20.6. The highest BCUT2D eigenvalue weighted by molar-refractivity contribution is 5.94. The van der Waals surface area contributed by atoms with Gasteiger partial charge in [0.1, 0.15) is 18.4 Å². The molecule has 0 saturated heterocycles. The highest BCUT2D eigenvalue weighted by Gasteiger charge is 2.22. The summed E-state index contributed by atoms with van der Waals surface area (Å²) in [6, 6.07) is 21.9. The molecule has 1 N–H and O–H groups in total. The lowest BCUT2D eigenvalue weighted by Crippen LogP contribution is -2.42. The van der Waals surface area contributed by atoms with Crippen LogP contribution in [0.5, 0.6) is 5.75 Å². The van der Waals surface area contributed by atoms with Gasteiger partial charge in [0.05, 0.1) is 0 Å². The van der Waals surface area contributed by atoms with Gasteiger partial charge in [-0.1, -0.05) is 84.0 Å². The molecule has 0 aliphatic heterocycles. The Labute approximate surface area is 255 Å². The van der Waals surface area contributed by atoms with Gasteiger partial charge in [0.15, 0.2) is 0 Å². The third-order valence-electron chi connectivity index (χ3n) is 6.51. The first-order valence-corrected chi connectivity index (χ1v) is 14.4. The van der Waals surface area contributed by atoms with Crippen LogP contribution in [-0.2, 0) is 45.0 Å². The number of allylic oxidation sites excluding steroid dienone is 4. The van der Waals surface area contributed by atoms with Gasteiger partial charge in [0.25, 0.3) is 0 Å². The molecule has 0 aliphatic rings. The maximum absolute atomic E-state index is 13.1. The number of nitrogens with one attached hydrogen (secondary N) is 1. The van der Waals surface area contributed by atoms with Crippen molar-refractivity contribution in [2.45, 2.75) is 66.5 Å². The third kappa shape index (κ3) is 11.6. The fourth-order valence-electron chi connectivity index (χ4n) is 4.35. The van der Waals surface area contributed by atoms with E-state index in [1.807, 2.05) is 100 Å². The zero-order valence-electron chi connectivity index (χ0n) is 25.7. The fourth-order valence-corrected chi connectivity index (χ4v) is 4.35. The monoisotopic (exact) mass is 579 g/mol. The lowest BCUT2D eigenvalue weighted by atomic mass is 9.98. The summed E-state index contributed by atoms with van der Waals surface area (Å²) >= 11 is 0. The first-order valence-electron chi connectivity index (χ1n) is 14.4. The topological polar surface area (TPSA) is 81.7 Å². The van der Waals surface area contributed by atoms with Crippen LogP contribution in [0.4, 0.5) is 0 Å². The number of esters is 2. The summed E-state index contributed by atoms with van der Waals surface area (Å²) in [7, 11) is 0. The van der Waals surface area contributed by atoms with Crippen molar-refractivity contribution in [3.8, 4) is 5.75 Å². The van der Waals surface area contributed by atoms with Crippen LogP contribution in [0.15, 0.2) is 102 Å². The minimum absolute atomic E-state index is 0.119. The molecule has 3 rings (SSSR count). The molecule has 0 aromatic heterocycles. The molecule has 0 radical (unpaired) electrons. The number of benzene rings is 3. The maximum Gasteiger partial charge on any atom is 0.329 e. The van der Waals surface area contributed by atoms with E-state index in [-0.39, 0.29) is 12.6 Å². The van der Waals surface area contributed by atoms with Gasteiger partial charge in [0, 0.05) is 19.4 Å². The van der Waals surface area contributed by atoms with Crippen LogP contribution in [0, 0.1) is 0 Å². The molecule has 43 heavy (non-hydrogen) atoms. The van der Waals surface area contributed by atoms with Gasteiger partial charge in [-0.3, -0.25) is 9.59 Å². The summed E-state index contributed by atoms with van der Waals surface area (Å²) in [5.41, 5.74) is 6.54. The molecule has 3 aromatic carbocycles. The molecular formula is C37H41NO5. The zero-order chi connectivity index (χ0) is 31.2. The van der Waals surface area contributed by atoms with Crippen LogP contribution in [0.3, 0.4) is 0 Å². The fraction of sp³-hybridized carbons (Fsp3) is 0.270. The van der Waals surface area contributed by atoms with E-state index in [2.05, 4.69) is 17.5 Å². The largest absolute Gasteiger partial charge is 0.459 e. The lowest BCUT2D eigenvalue weighted by molar-refractivity contribution is -0.148. The van der Waals surface area contributed by atoms with Crippen molar-refractivity contribution in [2.24, 2.45) is 0 Å². The molecule has 0 aliphatic carbocycles. The molecule has 0 heterocycles. The van der Waals surface area contributed by atoms with Gasteiger partial charge in [-0.2, -0.15) is 0 Å². The highest BCUT2D eigenvalue weighted by Crippen LogP contribution is 2.29. The molecule has 6 heteroatoms. The van der Waals surface area contributed by atoms with E-state index in [1.54, 1.807) is 6.08 Å². The Hall–Kier alpha value is -4.71. The van der Waals surface area contributed by atoms with Crippen LogP contribution in [0.1, 0.15) is 62.4 Å². The number of carbonyl (C=O) groups excluding carboxylic acids is 3. The van der Waals surface area contributed by atoms with Crippen molar-refractivity contribution >= 4 is 23.9 Å². The summed E-state index contributed by atoms with van der Waals surface area (Å²) in [5, 5.41) is 2.83. The van der Waals surface area contributed by atoms with Crippen LogP contribution in [0.25, 0.3) is 6.08 Å². The smallest absolute Gasteiger partial charge is 0.329 e. The van der Waals surface area contributed by atoms with E-state index in [4.69, 9.17) is 9.47 Å². The molecule has 1 amide bonds. The van der Waals surface area contributed by atoms with Crippen LogP contribution >= 0.6 is 0 Å². The second kappa shape index (κ2) is 16.7. The first kappa shape index (κ1) is 32.8. The Morgan fingerprint density at radius 1 is 0.767 bits per heavy atom. The Bertz CT molecular complexity index is 1440. The van der Waals surface area contributed by atoms with Crippen LogP contribution in [-0.4, -0.2) is 23.9 Å². The highest BCUT2D eigenvalue weighted by atomic mass is 16.5. The summed E-state index contributed by atoms with van der Waals surface area (Å²) in [5.74, 6) is -0.761. The van der Waals surface area contributed by atoms with E-state index < -0.39 is 17.9 Å². The maximum atomic E-state index is 13.1. The Morgan fingerprint density at radius 3 is 1.81 bits per heavy atom. The molecule has 224 valence electrons. The number of hydrogen-bond donors (Lipinski definition) is 1. The Kier molecular flexibility index (Phi) is 12.7. The minimum atomic E-state index is -0.865. The number of ether oxygens (including phenoxy) is 2. The average molecular weight is 580 g/mol. The van der Waals surface area contributed by atoms with Gasteiger partial charge < -0.3 is 14.8 Å². The number of rotatable bonds is 13. The molecule has 1 atom stereocenters. The normalized spacial score (nSPS) is 11.4. The average Bonchev–Trinajstić information content (AvgIpc) is 2.98. The lowest BCUT2D eigenvalue weighted by Gasteiger charge is -2.17. The Morgan fingerprint density at radius 2 is 1.30 bits per heavy atom. The summed E-state index contributed by atoms with van der Waals surface area (Å²) in [6.07, 6.45) is 8.72. The summed E-state index contributed by atoms with van der Waals surface area (Å²) in [4.78, 5) is 38.2. The minimum Gasteiger partial charge on any atom is -0.459 e. The zero-order valence-corrected chi connectivity index (χ0v) is 25.7. The summed E-state index contributed by atoms with van der Waals surface area (Å²) in [6.45, 7) is 9.57. The van der Waals surface area contributed by atoms with E-state index in [9.17, 15) is 14.4 Å². The SMILES string of the molecule is CC(=O)Oc1c(CC=C(C)C)cc(/C=C/C(=O)N[C@@H](Cc2ccccc2)C(=O)OCc2ccccc2)cc1CC=C(C)C. The predicted molar refractivity (Wildman–Crippen MR) is 171 cm³/mol. The molecule has 0 bridgehead atoms. The molecular weight excluding hydrogens is 538 g/mol. The van der Waals surface area contributed by atoms with E-state index in [1.165, 1.54) is 13.0 Å². The molecule has 0 unspecified atom stereocenters. The van der Waals surface area contributed by atoms with Crippen LogP contribution < -0.4 is 10.1 Å². The number of amides is 1. The quantitative estimate of drug-likeness (QED) is 0.101.